The molecular weight excluding hydrogens is 1290 g/mol. The minimum absolute atomic E-state index is 0. The quantitative estimate of drug-likeness (QED) is 0.0423. The molecule has 6 heterocycles. The normalized spacial score (nSPS) is 24.4. The highest BCUT2D eigenvalue weighted by atomic mass is 31.2. The van der Waals surface area contributed by atoms with Gasteiger partial charge in [0.05, 0.1) is 31.3 Å². The summed E-state index contributed by atoms with van der Waals surface area (Å²) in [6, 6.07) is 7.79. The monoisotopic (exact) mass is 1480 g/mol. The second-order valence-corrected chi connectivity index (χ2v) is 33.0. The Labute approximate surface area is 631 Å². The van der Waals surface area contributed by atoms with Gasteiger partial charge in [0, 0.05) is 177 Å². The molecule has 8 rings (SSSR count). The summed E-state index contributed by atoms with van der Waals surface area (Å²) >= 11 is 0. The van der Waals surface area contributed by atoms with E-state index in [2.05, 4.69) is 197 Å². The number of rotatable bonds is 19. The molecule has 0 bridgehead atoms. The fraction of sp³-hybridized carbons (Fsp3) is 0.987. The Morgan fingerprint density at radius 2 is 0.842 bits per heavy atom. The molecule has 9 atom stereocenters. The largest absolute Gasteiger partial charge is 0.395 e. The van der Waals surface area contributed by atoms with Gasteiger partial charge in [-0.1, -0.05) is 159 Å². The van der Waals surface area contributed by atoms with Crippen molar-refractivity contribution in [2.24, 2.45) is 64.2 Å². The van der Waals surface area contributed by atoms with Gasteiger partial charge < -0.3 is 64.2 Å². The molecule has 0 aromatic heterocycles. The lowest BCUT2D eigenvalue weighted by Crippen LogP contribution is -2.54. The van der Waals surface area contributed by atoms with Crippen LogP contribution in [0, 0.1) is 46.8 Å². The van der Waals surface area contributed by atoms with Crippen LogP contribution in [0.1, 0.15) is 262 Å². The van der Waals surface area contributed by atoms with Crippen LogP contribution in [-0.2, 0) is 9.09 Å². The highest BCUT2D eigenvalue weighted by molar-refractivity contribution is 7.51. The maximum absolute atomic E-state index is 12.8. The Morgan fingerprint density at radius 3 is 1.09 bits per heavy atom. The van der Waals surface area contributed by atoms with E-state index in [0.29, 0.717) is 98.6 Å². The Bertz CT molecular complexity index is 1800. The van der Waals surface area contributed by atoms with E-state index >= 15 is 0 Å². The van der Waals surface area contributed by atoms with Gasteiger partial charge in [-0.2, -0.15) is 5.26 Å². The molecule has 8 aliphatic rings. The second-order valence-electron chi connectivity index (χ2n) is 31.2. The van der Waals surface area contributed by atoms with Crippen LogP contribution in [0.25, 0.3) is 0 Å². The SMILES string of the molecule is C.C.C.C.C.C.C.CC(C)C1CCC1.CC(C)C1CCCC1.CC(C)N1CC(N)C(F)C1.CC(C)N1CC(OP(C)(=O)O)C1.CC(C)N1CCC[C@@H](N)C1.CC(C)N1CC[C@@H](N)C1.CC(C)N1C[C@@H](N)[C@H](C#N)C1.CC(C)NCCNCCO.CC(C)NCCO.CC1CN(C(C)C)C[C@H]1N. The Kier molecular flexibility index (Phi) is 78.6. The molecule has 0 radical (unpaired) electrons. The number of piperidine rings is 1. The Morgan fingerprint density at radius 1 is 0.465 bits per heavy atom. The highest BCUT2D eigenvalue weighted by Gasteiger charge is 2.34. The second kappa shape index (κ2) is 67.1. The third kappa shape index (κ3) is 59.6. The molecule has 20 nitrogen and oxygen atoms in total. The van der Waals surface area contributed by atoms with E-state index in [1.165, 1.54) is 90.5 Å². The summed E-state index contributed by atoms with van der Waals surface area (Å²) in [6.07, 6.45) is 13.3. The van der Waals surface area contributed by atoms with Crippen molar-refractivity contribution in [3.63, 3.8) is 0 Å². The summed E-state index contributed by atoms with van der Waals surface area (Å²) in [6.45, 7) is 62.2. The van der Waals surface area contributed by atoms with Gasteiger partial charge in [-0.15, -0.1) is 0 Å². The van der Waals surface area contributed by atoms with Crippen molar-refractivity contribution >= 4 is 7.60 Å². The Hall–Kier alpha value is -1.07. The summed E-state index contributed by atoms with van der Waals surface area (Å²) < 4.78 is 28.5. The van der Waals surface area contributed by atoms with E-state index in [4.69, 9.17) is 53.6 Å². The molecule has 101 heavy (non-hydrogen) atoms. The van der Waals surface area contributed by atoms with Crippen molar-refractivity contribution in [3.8, 4) is 6.07 Å². The first-order chi connectivity index (χ1) is 43.8. The molecule has 22 heteroatoms. The lowest BCUT2D eigenvalue weighted by atomic mass is 9.78. The number of alkyl halides is 1. The third-order valence-electron chi connectivity index (χ3n) is 19.2. The maximum Gasteiger partial charge on any atom is 0.325 e. The van der Waals surface area contributed by atoms with Crippen molar-refractivity contribution in [3.05, 3.63) is 0 Å². The van der Waals surface area contributed by atoms with E-state index < -0.39 is 13.8 Å². The van der Waals surface area contributed by atoms with Gasteiger partial charge >= 0.3 is 7.60 Å². The van der Waals surface area contributed by atoms with Gasteiger partial charge in [0.2, 0.25) is 0 Å². The van der Waals surface area contributed by atoms with Crippen molar-refractivity contribution in [1.82, 2.24) is 45.3 Å². The number of aliphatic hydroxyl groups excluding tert-OH is 2. The highest BCUT2D eigenvalue weighted by Crippen LogP contribution is 2.40. The van der Waals surface area contributed by atoms with Crippen molar-refractivity contribution in [2.75, 3.05) is 125 Å². The van der Waals surface area contributed by atoms with Crippen molar-refractivity contribution in [2.45, 2.75) is 352 Å². The molecule has 0 aromatic carbocycles. The van der Waals surface area contributed by atoms with Gasteiger partial charge in [0.15, 0.2) is 0 Å². The molecule has 8 fully saturated rings. The number of likely N-dealkylation sites (tertiary alicyclic amines) is 6. The van der Waals surface area contributed by atoms with Crippen LogP contribution in [0.2, 0.25) is 0 Å². The minimum Gasteiger partial charge on any atom is -0.395 e. The van der Waals surface area contributed by atoms with Crippen LogP contribution in [0.3, 0.4) is 0 Å². The molecule has 2 aliphatic carbocycles. The number of hydrogen-bond acceptors (Lipinski definition) is 19. The van der Waals surface area contributed by atoms with Gasteiger partial charge in [0.25, 0.3) is 0 Å². The molecular formula is C79H187FN15O5P. The number of halogens is 1. The summed E-state index contributed by atoms with van der Waals surface area (Å²) in [5.41, 5.74) is 28.7. The third-order valence-corrected chi connectivity index (χ3v) is 19.9. The molecule has 2 saturated carbocycles. The van der Waals surface area contributed by atoms with Crippen molar-refractivity contribution < 1.29 is 28.6 Å². The van der Waals surface area contributed by atoms with Crippen molar-refractivity contribution in [1.29, 1.82) is 5.26 Å². The number of nitrogens with two attached hydrogens (primary N) is 5. The number of nitrogens with zero attached hydrogens (tertiary/aromatic N) is 7. The van der Waals surface area contributed by atoms with Crippen LogP contribution in [0.4, 0.5) is 4.39 Å². The first kappa shape index (κ1) is 118. The molecule has 0 spiro atoms. The molecule has 0 amide bonds. The van der Waals surface area contributed by atoms with E-state index in [1.807, 2.05) is 0 Å². The summed E-state index contributed by atoms with van der Waals surface area (Å²) in [4.78, 5) is 22.7. The topological polar surface area (TPSA) is 296 Å². The van der Waals surface area contributed by atoms with Crippen LogP contribution in [0.5, 0.6) is 0 Å². The lowest BCUT2D eigenvalue weighted by molar-refractivity contribution is -0.00458. The molecule has 6 aliphatic heterocycles. The molecule has 4 unspecified atom stereocenters. The average molecular weight is 1480 g/mol. The number of hydrogen-bond donors (Lipinski definition) is 11. The average Bonchev–Trinajstić information content (AvgIpc) is 1.79. The number of nitrogens with one attached hydrogen (secondary N) is 3. The first-order valence-corrected chi connectivity index (χ1v) is 39.5. The summed E-state index contributed by atoms with van der Waals surface area (Å²) in [5.74, 6) is 4.76. The van der Waals surface area contributed by atoms with Crippen LogP contribution in [-0.4, -0.2) is 260 Å². The molecule has 16 N–H and O–H groups in total. The van der Waals surface area contributed by atoms with Gasteiger partial charge in [-0.25, -0.2) is 4.39 Å². The van der Waals surface area contributed by atoms with E-state index in [-0.39, 0.29) is 89.3 Å². The standard InChI is InChI=1S/C8H15N3.2C8H18N2.C8H16.C7H15FN2.C7H18N2O.C7H16N2.C7H16NO3P.C7H14.C5H13NO.7CH4/c1-6(2)11-4-7(3-9)8(10)5-11;1-6(2)10-4-7(3)8(9)5-10;1-7(2)10-5-3-4-8(9)6-10;1-7(2)8-5-3-4-6-8;1-5(2)10-3-6(8)7(9)4-10;1-7(2)9-4-3-8-5-6-10;1-6(2)9-4-3-7(8)5-9;1-6(2)8-4-7(5-8)11-12(3,9)10;1-6(2)7-4-3-5-7;1-5(2)6-3-4-7;;;;;;;/h6-8H,4-5,10H2,1-2H3;6-8H,4-5,9H2,1-3H3;7-8H,3-6,9H2,1-2H3;7-8H,3-6H2,1-2H3;5-7H,3-4,9H2,1-2H3;7-10H,3-6H2,1-2H3;6-7H,3-5,8H2,1-2H3;6-7H,4-5H2,1-3H3,(H,9,10);6-7H,3-5H2,1-2H3;5-7H,3-4H2,1-2H3;7*1H4/t7-,8-;7?,8-;8-;;;;7-;;;;;;;;;;/m111...1........../s1. The molecule has 6 saturated heterocycles. The smallest absolute Gasteiger partial charge is 0.325 e. The lowest BCUT2D eigenvalue weighted by Gasteiger charge is -2.41. The minimum atomic E-state index is -3.27. The zero-order valence-electron chi connectivity index (χ0n) is 64.9. The van der Waals surface area contributed by atoms with Crippen LogP contribution >= 0.6 is 7.60 Å². The predicted octanol–water partition coefficient (Wildman–Crippen LogP) is 12.7. The number of aliphatic hydroxyl groups is 2. The zero-order valence-corrected chi connectivity index (χ0v) is 65.8. The summed E-state index contributed by atoms with van der Waals surface area (Å²) in [5, 5.41) is 34.7. The van der Waals surface area contributed by atoms with Gasteiger partial charge in [-0.3, -0.25) is 34.0 Å². The fourth-order valence-electron chi connectivity index (χ4n) is 11.9. The number of nitriles is 1. The maximum atomic E-state index is 12.8. The van der Waals surface area contributed by atoms with E-state index in [0.717, 1.165) is 82.6 Å². The summed E-state index contributed by atoms with van der Waals surface area (Å²) in [7, 11) is -3.27. The van der Waals surface area contributed by atoms with Crippen LogP contribution in [0.15, 0.2) is 0 Å². The van der Waals surface area contributed by atoms with Crippen LogP contribution < -0.4 is 44.6 Å². The molecule has 620 valence electrons. The van der Waals surface area contributed by atoms with Gasteiger partial charge in [0.1, 0.15) is 6.17 Å². The first-order valence-electron chi connectivity index (χ1n) is 37.4. The molecule has 0 aromatic rings. The zero-order chi connectivity index (χ0) is 72.4. The van der Waals surface area contributed by atoms with E-state index in [1.54, 1.807) is 0 Å². The Balaban J connectivity index is -0.000000132. The predicted molar refractivity (Wildman–Crippen MR) is 447 cm³/mol. The van der Waals surface area contributed by atoms with Gasteiger partial charge in [-0.05, 0) is 145 Å². The fourth-order valence-corrected chi connectivity index (χ4v) is 12.6. The van der Waals surface area contributed by atoms with E-state index in [9.17, 15) is 8.96 Å².